The zero-order chi connectivity index (χ0) is 12.3. The molecule has 0 aliphatic carbocycles. The van der Waals surface area contributed by atoms with Crippen molar-refractivity contribution in [3.05, 3.63) is 18.3 Å². The first kappa shape index (κ1) is 17.1. The molecule has 0 aromatic heterocycles. The van der Waals surface area contributed by atoms with E-state index in [0.29, 0.717) is 0 Å². The maximum atomic E-state index is 9.78. The van der Waals surface area contributed by atoms with Crippen LogP contribution in [0.1, 0.15) is 27.7 Å². The molecule has 0 atom stereocenters. The van der Waals surface area contributed by atoms with Crippen LogP contribution >= 0.6 is 0 Å². The van der Waals surface area contributed by atoms with Crippen LogP contribution < -0.4 is 5.11 Å². The summed E-state index contributed by atoms with van der Waals surface area (Å²) in [6, 6.07) is 0. The van der Waals surface area contributed by atoms with Crippen molar-refractivity contribution in [1.82, 2.24) is 0 Å². The molecule has 2 nitrogen and oxygen atoms in total. The topological polar surface area (TPSA) is 32.3 Å². The van der Waals surface area contributed by atoms with Crippen molar-refractivity contribution in [3.63, 3.8) is 0 Å². The third-order valence-electron chi connectivity index (χ3n) is 1.61. The summed E-state index contributed by atoms with van der Waals surface area (Å²) in [6.07, 6.45) is 0. The molecule has 0 heterocycles. The third kappa shape index (κ3) is 19.9. The van der Waals surface area contributed by atoms with E-state index in [2.05, 4.69) is 39.0 Å². The number of hydrogen-bond acceptors (Lipinski definition) is 2. The molecule has 0 aromatic carbocycles. The van der Waals surface area contributed by atoms with Gasteiger partial charge in [-0.15, -0.1) is 5.73 Å². The van der Waals surface area contributed by atoms with E-state index in [1.165, 1.54) is 17.7 Å². The predicted molar refractivity (Wildman–Crippen MR) is 64.7 cm³/mol. The average Bonchev–Trinajstić information content (AvgIpc) is 2.16. The van der Waals surface area contributed by atoms with Gasteiger partial charge in [-0.3, -0.25) is 0 Å². The van der Waals surface area contributed by atoms with Crippen LogP contribution in [0.3, 0.4) is 0 Å². The molecule has 0 aromatic rings. The van der Waals surface area contributed by atoms with E-state index in [1.807, 2.05) is 5.73 Å². The van der Waals surface area contributed by atoms with Crippen LogP contribution in [0.25, 0.3) is 0 Å². The van der Waals surface area contributed by atoms with E-state index in [4.69, 9.17) is 0 Å². The summed E-state index contributed by atoms with van der Waals surface area (Å²) in [5.74, 6) is 1.34. The summed E-state index contributed by atoms with van der Waals surface area (Å²) in [5.41, 5.74) is 2.00. The van der Waals surface area contributed by atoms with Gasteiger partial charge in [0.1, 0.15) is 0 Å². The molecule has 0 bridgehead atoms. The molecule has 0 aliphatic heterocycles. The van der Waals surface area contributed by atoms with Crippen molar-refractivity contribution in [3.8, 4) is 0 Å². The quantitative estimate of drug-likeness (QED) is 0.410. The van der Waals surface area contributed by atoms with Gasteiger partial charge in [-0.1, -0.05) is 6.58 Å². The Balaban J connectivity index is 0. The summed E-state index contributed by atoms with van der Waals surface area (Å²) in [5, 5.41) is 12.8. The molecule has 15 heavy (non-hydrogen) atoms. The molecule has 0 amide bonds. The van der Waals surface area contributed by atoms with Crippen LogP contribution in [0.4, 0.5) is 0 Å². The first-order valence-corrected chi connectivity index (χ1v) is 7.00. The minimum atomic E-state index is -0.519. The van der Waals surface area contributed by atoms with E-state index in [-0.39, 0.29) is 0 Å². The van der Waals surface area contributed by atoms with Gasteiger partial charge in [0.15, 0.2) is 0 Å². The Morgan fingerprint density at radius 2 is 1.67 bits per heavy atom. The minimum absolute atomic E-state index is 0.519. The Morgan fingerprint density at radius 1 is 1.27 bits per heavy atom. The second kappa shape index (κ2) is 11.7. The fourth-order valence-electron chi connectivity index (χ4n) is 0.835. The summed E-state index contributed by atoms with van der Waals surface area (Å²) in [7, 11) is 1.28. The molecule has 0 radical (unpaired) electrons. The predicted octanol–water partition coefficient (Wildman–Crippen LogP) is 2.46. The molecule has 3 heteroatoms. The molecule has 0 rings (SSSR count). The Hall–Kier alpha value is -0.348. The Morgan fingerprint density at radius 3 is 1.80 bits per heavy atom. The van der Waals surface area contributed by atoms with E-state index >= 15 is 0 Å². The van der Waals surface area contributed by atoms with Crippen molar-refractivity contribution in [2.24, 2.45) is 11.8 Å². The summed E-state index contributed by atoms with van der Waals surface area (Å²) in [4.78, 5) is 0. The van der Waals surface area contributed by atoms with Crippen LogP contribution in [-0.2, 0) is 4.74 Å². The average molecular weight is 226 g/mol. The fraction of sp³-hybridized carbons (Fsp3) is 0.750. The van der Waals surface area contributed by atoms with Crippen LogP contribution in [0.15, 0.2) is 18.3 Å². The number of hydrogen-bond donors (Lipinski definition) is 0. The van der Waals surface area contributed by atoms with E-state index in [1.54, 1.807) is 0 Å². The van der Waals surface area contributed by atoms with Gasteiger partial charge in [-0.05, 0) is 7.11 Å². The Kier molecular flexibility index (Phi) is 13.3. The second-order valence-corrected chi connectivity index (χ2v) is 5.74. The Bertz CT molecular complexity index is 174. The van der Waals surface area contributed by atoms with Gasteiger partial charge in [0.25, 0.3) is 0 Å². The Labute approximate surface area is 101 Å². The summed E-state index contributed by atoms with van der Waals surface area (Å²) in [6.45, 7) is 12.3. The number of rotatable bonds is 5. The van der Waals surface area contributed by atoms with Gasteiger partial charge < -0.3 is 9.84 Å². The molecule has 0 aliphatic rings. The van der Waals surface area contributed by atoms with Gasteiger partial charge >= 0.3 is 65.3 Å². The molecule has 0 spiro atoms. The summed E-state index contributed by atoms with van der Waals surface area (Å²) < 4.78 is 4.09. The molecule has 86 valence electrons. The second-order valence-electron chi connectivity index (χ2n) is 4.22. The third-order valence-corrected chi connectivity index (χ3v) is 4.16. The van der Waals surface area contributed by atoms with Gasteiger partial charge in [-0.2, -0.15) is 0 Å². The van der Waals surface area contributed by atoms with E-state index < -0.39 is 5.95 Å². The summed E-state index contributed by atoms with van der Waals surface area (Å²) >= 11 is 0.755. The molecule has 0 saturated heterocycles. The molecule has 0 saturated carbocycles. The first-order valence-electron chi connectivity index (χ1n) is 5.36. The van der Waals surface area contributed by atoms with Crippen LogP contribution in [0.5, 0.6) is 0 Å². The molecular weight excluding hydrogens is 203 g/mol. The van der Waals surface area contributed by atoms with E-state index in [0.717, 1.165) is 27.1 Å². The van der Waals surface area contributed by atoms with Gasteiger partial charge in [0, 0.05) is 0 Å². The first-order chi connectivity index (χ1) is 6.93. The van der Waals surface area contributed by atoms with Gasteiger partial charge in [0.05, 0.1) is 5.95 Å². The number of ether oxygens (including phenoxy) is 1. The molecule has 0 N–H and O–H groups in total. The van der Waals surface area contributed by atoms with Crippen LogP contribution in [-0.4, -0.2) is 22.3 Å². The van der Waals surface area contributed by atoms with Crippen LogP contribution in [0.2, 0.25) is 10.6 Å². The van der Waals surface area contributed by atoms with Gasteiger partial charge in [0.2, 0.25) is 0 Å². The van der Waals surface area contributed by atoms with Crippen molar-refractivity contribution >= 4 is 15.2 Å². The SMILES string of the molecule is C=C=C([O-])OC.CC(C)[CH2][Al+][CH2]C(C)C. The molecule has 0 unspecified atom stereocenters. The maximum absolute atomic E-state index is 9.78. The van der Waals surface area contributed by atoms with Crippen molar-refractivity contribution in [2.75, 3.05) is 7.11 Å². The zero-order valence-corrected chi connectivity index (χ0v) is 11.8. The van der Waals surface area contributed by atoms with Crippen molar-refractivity contribution in [1.29, 1.82) is 0 Å². The zero-order valence-electron chi connectivity index (χ0n) is 10.7. The fourth-order valence-corrected chi connectivity index (χ4v) is 2.36. The normalized spacial score (nSPS) is 8.73. The molecule has 0 fully saturated rings. The molecular formula is C12H23AlO2. The standard InChI is InChI=1S/C4H6O2.2C4H9.Al/c1-3-4(5)6-2;2*1-4(2)3;/h5H,1H2,2H3;2*4H,1H2,2-3H3;/q;;;+1/p-1. The van der Waals surface area contributed by atoms with E-state index in [9.17, 15) is 5.11 Å². The monoisotopic (exact) mass is 226 g/mol. The number of methoxy groups -OCH3 is 1. The van der Waals surface area contributed by atoms with Crippen LogP contribution in [0, 0.1) is 11.8 Å². The van der Waals surface area contributed by atoms with Gasteiger partial charge in [-0.25, -0.2) is 0 Å². The van der Waals surface area contributed by atoms with Crippen molar-refractivity contribution < 1.29 is 9.84 Å². The van der Waals surface area contributed by atoms with Crippen molar-refractivity contribution in [2.45, 2.75) is 38.3 Å².